The fraction of sp³-hybridized carbons (Fsp3) is 0.438. The molecule has 0 radical (unpaired) electrons. The molecule has 2 heterocycles. The standard InChI is InChI=1S/C16H21N3.2ClH/c1-2-4-14(5-3-1)12-15-6-10-19(11-7-15)13-16-17-8-9-18-16;;/h1-5,8-9,15H,6-7,10-13H2,(H,17,18);2*1H. The lowest BCUT2D eigenvalue weighted by atomic mass is 9.90. The lowest BCUT2D eigenvalue weighted by Gasteiger charge is -2.31. The normalized spacial score (nSPS) is 16.0. The quantitative estimate of drug-likeness (QED) is 0.928. The number of aromatic nitrogens is 2. The Morgan fingerprint density at radius 1 is 1.10 bits per heavy atom. The van der Waals surface area contributed by atoms with E-state index in [0.29, 0.717) is 0 Å². The SMILES string of the molecule is Cl.Cl.c1ccc(CC2CCN(Cc3ncc[nH]3)CC2)cc1. The highest BCUT2D eigenvalue weighted by Gasteiger charge is 2.19. The van der Waals surface area contributed by atoms with Crippen LogP contribution in [0.15, 0.2) is 42.7 Å². The second kappa shape index (κ2) is 9.08. The molecule has 3 nitrogen and oxygen atoms in total. The van der Waals surface area contributed by atoms with Crippen molar-refractivity contribution in [3.63, 3.8) is 0 Å². The molecule has 21 heavy (non-hydrogen) atoms. The second-order valence-electron chi connectivity index (χ2n) is 5.45. The fourth-order valence-corrected chi connectivity index (χ4v) is 2.89. The Kier molecular flexibility index (Phi) is 7.79. The number of likely N-dealkylation sites (tertiary alicyclic amines) is 1. The van der Waals surface area contributed by atoms with E-state index in [4.69, 9.17) is 0 Å². The van der Waals surface area contributed by atoms with E-state index in [1.807, 2.05) is 12.4 Å². The van der Waals surface area contributed by atoms with Crippen LogP contribution in [0.25, 0.3) is 0 Å². The van der Waals surface area contributed by atoms with Gasteiger partial charge in [-0.05, 0) is 43.8 Å². The average Bonchev–Trinajstić information content (AvgIpc) is 2.95. The monoisotopic (exact) mass is 327 g/mol. The summed E-state index contributed by atoms with van der Waals surface area (Å²) in [6, 6.07) is 10.9. The maximum Gasteiger partial charge on any atom is 0.120 e. The molecule has 1 aliphatic rings. The Morgan fingerprint density at radius 2 is 1.81 bits per heavy atom. The Bertz CT molecular complexity index is 479. The van der Waals surface area contributed by atoms with Crippen molar-refractivity contribution in [2.24, 2.45) is 5.92 Å². The summed E-state index contributed by atoms with van der Waals surface area (Å²) >= 11 is 0. The minimum Gasteiger partial charge on any atom is -0.348 e. The molecule has 0 spiro atoms. The smallest absolute Gasteiger partial charge is 0.120 e. The van der Waals surface area contributed by atoms with E-state index in [1.54, 1.807) is 0 Å². The molecule has 0 amide bonds. The van der Waals surface area contributed by atoms with Crippen molar-refractivity contribution in [3.8, 4) is 0 Å². The summed E-state index contributed by atoms with van der Waals surface area (Å²) < 4.78 is 0. The molecular formula is C16H23Cl2N3. The maximum absolute atomic E-state index is 4.30. The number of halogens is 2. The number of rotatable bonds is 4. The van der Waals surface area contributed by atoms with Gasteiger partial charge in [-0.15, -0.1) is 24.8 Å². The topological polar surface area (TPSA) is 31.9 Å². The van der Waals surface area contributed by atoms with Gasteiger partial charge in [0.1, 0.15) is 5.82 Å². The molecule has 1 N–H and O–H groups in total. The molecule has 0 aliphatic carbocycles. The van der Waals surface area contributed by atoms with Crippen LogP contribution in [0.1, 0.15) is 24.2 Å². The lowest BCUT2D eigenvalue weighted by Crippen LogP contribution is -2.34. The number of nitrogens with zero attached hydrogens (tertiary/aromatic N) is 2. The minimum absolute atomic E-state index is 0. The molecular weight excluding hydrogens is 305 g/mol. The van der Waals surface area contributed by atoms with Crippen molar-refractivity contribution in [2.75, 3.05) is 13.1 Å². The third kappa shape index (κ3) is 5.34. The third-order valence-electron chi connectivity index (χ3n) is 4.00. The number of imidazole rings is 1. The number of nitrogens with one attached hydrogen (secondary N) is 1. The number of benzene rings is 1. The molecule has 1 aliphatic heterocycles. The van der Waals surface area contributed by atoms with Crippen molar-refractivity contribution in [1.82, 2.24) is 14.9 Å². The molecule has 5 heteroatoms. The van der Waals surface area contributed by atoms with E-state index >= 15 is 0 Å². The predicted molar refractivity (Wildman–Crippen MR) is 91.2 cm³/mol. The molecule has 3 rings (SSSR count). The zero-order valence-electron chi connectivity index (χ0n) is 12.1. The maximum atomic E-state index is 4.30. The van der Waals surface area contributed by atoms with Gasteiger partial charge in [-0.1, -0.05) is 30.3 Å². The molecule has 0 saturated carbocycles. The van der Waals surface area contributed by atoms with E-state index in [9.17, 15) is 0 Å². The van der Waals surface area contributed by atoms with Crippen molar-refractivity contribution in [1.29, 1.82) is 0 Å². The first kappa shape index (κ1) is 18.0. The number of hydrogen-bond donors (Lipinski definition) is 1. The van der Waals surface area contributed by atoms with Gasteiger partial charge in [0.05, 0.1) is 6.54 Å². The van der Waals surface area contributed by atoms with Gasteiger partial charge in [-0.3, -0.25) is 4.90 Å². The van der Waals surface area contributed by atoms with Gasteiger partial charge < -0.3 is 4.98 Å². The van der Waals surface area contributed by atoms with Gasteiger partial charge in [0.2, 0.25) is 0 Å². The van der Waals surface area contributed by atoms with Crippen LogP contribution in [0.3, 0.4) is 0 Å². The van der Waals surface area contributed by atoms with Crippen LogP contribution in [0, 0.1) is 5.92 Å². The first-order valence-corrected chi connectivity index (χ1v) is 7.15. The van der Waals surface area contributed by atoms with Crippen LogP contribution < -0.4 is 0 Å². The van der Waals surface area contributed by atoms with Crippen molar-refractivity contribution in [3.05, 3.63) is 54.1 Å². The van der Waals surface area contributed by atoms with E-state index in [2.05, 4.69) is 45.2 Å². The molecule has 1 fully saturated rings. The van der Waals surface area contributed by atoms with Gasteiger partial charge in [-0.25, -0.2) is 4.98 Å². The summed E-state index contributed by atoms with van der Waals surface area (Å²) in [5, 5.41) is 0. The number of H-pyrrole nitrogens is 1. The third-order valence-corrected chi connectivity index (χ3v) is 4.00. The van der Waals surface area contributed by atoms with Crippen molar-refractivity contribution in [2.45, 2.75) is 25.8 Å². The van der Waals surface area contributed by atoms with E-state index in [1.165, 1.54) is 37.9 Å². The molecule has 0 atom stereocenters. The molecule has 0 bridgehead atoms. The summed E-state index contributed by atoms with van der Waals surface area (Å²) in [4.78, 5) is 9.98. The highest BCUT2D eigenvalue weighted by atomic mass is 35.5. The van der Waals surface area contributed by atoms with Gasteiger partial charge in [0, 0.05) is 12.4 Å². The van der Waals surface area contributed by atoms with Gasteiger partial charge >= 0.3 is 0 Å². The predicted octanol–water partition coefficient (Wildman–Crippen LogP) is 3.71. The van der Waals surface area contributed by atoms with Gasteiger partial charge in [0.15, 0.2) is 0 Å². The second-order valence-corrected chi connectivity index (χ2v) is 5.45. The van der Waals surface area contributed by atoms with Gasteiger partial charge in [-0.2, -0.15) is 0 Å². The number of piperidine rings is 1. The largest absolute Gasteiger partial charge is 0.348 e. The number of aromatic amines is 1. The van der Waals surface area contributed by atoms with Crippen LogP contribution in [0.4, 0.5) is 0 Å². The van der Waals surface area contributed by atoms with E-state index in [0.717, 1.165) is 18.3 Å². The Morgan fingerprint density at radius 3 is 2.43 bits per heavy atom. The summed E-state index contributed by atoms with van der Waals surface area (Å²) in [5.74, 6) is 1.93. The Balaban J connectivity index is 0.00000110. The molecule has 1 aromatic heterocycles. The average molecular weight is 328 g/mol. The zero-order valence-corrected chi connectivity index (χ0v) is 13.7. The zero-order chi connectivity index (χ0) is 12.9. The molecule has 116 valence electrons. The first-order valence-electron chi connectivity index (χ1n) is 7.15. The summed E-state index contributed by atoms with van der Waals surface area (Å²) in [5.41, 5.74) is 1.48. The minimum atomic E-state index is 0. The van der Waals surface area contributed by atoms with E-state index < -0.39 is 0 Å². The highest BCUT2D eigenvalue weighted by Crippen LogP contribution is 2.22. The molecule has 2 aromatic rings. The summed E-state index contributed by atoms with van der Waals surface area (Å²) in [6.45, 7) is 3.35. The fourth-order valence-electron chi connectivity index (χ4n) is 2.89. The summed E-state index contributed by atoms with van der Waals surface area (Å²) in [7, 11) is 0. The Hall–Kier alpha value is -1.03. The van der Waals surface area contributed by atoms with Crippen LogP contribution in [-0.2, 0) is 13.0 Å². The first-order chi connectivity index (χ1) is 9.40. The van der Waals surface area contributed by atoms with Crippen LogP contribution >= 0.6 is 24.8 Å². The summed E-state index contributed by atoms with van der Waals surface area (Å²) in [6.07, 6.45) is 7.57. The molecule has 1 saturated heterocycles. The molecule has 1 aromatic carbocycles. The van der Waals surface area contributed by atoms with Crippen LogP contribution in [-0.4, -0.2) is 28.0 Å². The Labute approximate surface area is 139 Å². The highest BCUT2D eigenvalue weighted by molar-refractivity contribution is 5.85. The van der Waals surface area contributed by atoms with Crippen molar-refractivity contribution >= 4 is 24.8 Å². The van der Waals surface area contributed by atoms with Crippen molar-refractivity contribution < 1.29 is 0 Å². The molecule has 0 unspecified atom stereocenters. The van der Waals surface area contributed by atoms with Crippen LogP contribution in [0.2, 0.25) is 0 Å². The van der Waals surface area contributed by atoms with Crippen LogP contribution in [0.5, 0.6) is 0 Å². The van der Waals surface area contributed by atoms with E-state index in [-0.39, 0.29) is 24.8 Å². The lowest BCUT2D eigenvalue weighted by molar-refractivity contribution is 0.174. The number of hydrogen-bond acceptors (Lipinski definition) is 2. The van der Waals surface area contributed by atoms with Gasteiger partial charge in [0.25, 0.3) is 0 Å².